The number of ether oxygens (including phenoxy) is 7. The molecular weight excluding hydrogens is 1840 g/mol. The average Bonchev–Trinajstić information content (AvgIpc) is 1.65. The lowest BCUT2D eigenvalue weighted by molar-refractivity contribution is 0.219. The summed E-state index contributed by atoms with van der Waals surface area (Å²) in [5, 5.41) is 44.6. The molecule has 32 nitrogen and oxygen atoms in total. The molecule has 0 spiro atoms. The van der Waals surface area contributed by atoms with Crippen molar-refractivity contribution in [2.24, 2.45) is 0 Å². The van der Waals surface area contributed by atoms with Crippen LogP contribution in [0.15, 0.2) is 186 Å². The Bertz CT molecular complexity index is 7020. The Morgan fingerprint density at radius 2 is 0.674 bits per heavy atom. The topological polar surface area (TPSA) is 309 Å². The molecule has 10 aromatic heterocycles. The maximum atomic E-state index is 14.5. The van der Waals surface area contributed by atoms with Gasteiger partial charge in [0.15, 0.2) is 74.4 Å². The summed E-state index contributed by atoms with van der Waals surface area (Å²) in [5.41, 5.74) is 13.8. The number of nitrogens with zero attached hydrogens (tertiary/aromatic N) is 18. The van der Waals surface area contributed by atoms with Crippen LogP contribution in [-0.4, -0.2) is 170 Å². The second kappa shape index (κ2) is 43.1. The lowest BCUT2D eigenvalue weighted by Gasteiger charge is -2.29. The Morgan fingerprint density at radius 3 is 1.04 bits per heavy atom. The molecule has 141 heavy (non-hydrogen) atoms. The zero-order chi connectivity index (χ0) is 99.7. The van der Waals surface area contributed by atoms with E-state index in [1.807, 2.05) is 127 Å². The number of hydrogen-bond acceptors (Lipinski definition) is 27. The fourth-order valence-corrected chi connectivity index (χ4v) is 16.7. The van der Waals surface area contributed by atoms with Crippen molar-refractivity contribution in [3.8, 4) is 40.2 Å². The number of nitrogens with one attached hydrogen (secondary N) is 7. The molecule has 0 radical (unpaired) electrons. The first-order valence-corrected chi connectivity index (χ1v) is 46.3. The summed E-state index contributed by atoms with van der Waals surface area (Å²) in [6.07, 6.45) is 18.3. The lowest BCUT2D eigenvalue weighted by atomic mass is 10.1. The molecule has 0 aliphatic carbocycles. The maximum Gasteiger partial charge on any atom is 0.168 e. The number of anilines is 5. The molecule has 5 aromatic carbocycles. The molecule has 5 aliphatic rings. The number of halogens is 8. The molecule has 40 heteroatoms. The Labute approximate surface area is 813 Å². The van der Waals surface area contributed by atoms with E-state index in [2.05, 4.69) is 124 Å². The number of benzene rings is 5. The monoisotopic (exact) mass is 1950 g/mol. The van der Waals surface area contributed by atoms with Crippen molar-refractivity contribution in [2.75, 3.05) is 98.2 Å². The fourth-order valence-electron chi connectivity index (χ4n) is 16.4. The van der Waals surface area contributed by atoms with E-state index in [4.69, 9.17) is 59.7 Å². The summed E-state index contributed by atoms with van der Waals surface area (Å²) in [6, 6.07) is 21.5. The maximum absolute atomic E-state index is 14.5. The van der Waals surface area contributed by atoms with Gasteiger partial charge in [0.05, 0.1) is 95.7 Å². The first-order chi connectivity index (χ1) is 67.8. The average molecular weight is 1950 g/mol. The first kappa shape index (κ1) is 98.4. The number of hydrogen-bond donors (Lipinski definition) is 7. The number of aromatic nitrogens is 15. The van der Waals surface area contributed by atoms with E-state index in [-0.39, 0.29) is 84.2 Å². The highest BCUT2D eigenvalue weighted by molar-refractivity contribution is 6.32. The van der Waals surface area contributed by atoms with Crippen LogP contribution in [0.1, 0.15) is 143 Å². The van der Waals surface area contributed by atoms with E-state index < -0.39 is 29.1 Å². The predicted molar refractivity (Wildman–Crippen MR) is 529 cm³/mol. The van der Waals surface area contributed by atoms with E-state index >= 15 is 0 Å². The highest BCUT2D eigenvalue weighted by Gasteiger charge is 2.30. The van der Waals surface area contributed by atoms with Gasteiger partial charge in [0.25, 0.3) is 0 Å². The quantitative estimate of drug-likeness (QED) is 0.0761. The predicted octanol–water partition coefficient (Wildman–Crippen LogP) is 17.8. The van der Waals surface area contributed by atoms with Crippen LogP contribution in [0.4, 0.5) is 59.8 Å². The van der Waals surface area contributed by atoms with Gasteiger partial charge in [-0.3, -0.25) is 0 Å². The number of fused-ring (bicyclic) bond motifs is 10. The zero-order valence-electron chi connectivity index (χ0n) is 79.8. The smallest absolute Gasteiger partial charge is 0.168 e. The van der Waals surface area contributed by atoms with Crippen molar-refractivity contribution < 1.29 is 63.9 Å². The minimum atomic E-state index is -0.715. The second-order valence-corrected chi connectivity index (χ2v) is 35.2. The summed E-state index contributed by atoms with van der Waals surface area (Å²) in [4.78, 5) is 29.6. The van der Waals surface area contributed by atoms with Crippen LogP contribution in [-0.2, 0) is 19.6 Å². The van der Waals surface area contributed by atoms with Crippen molar-refractivity contribution in [1.29, 1.82) is 0 Å². The standard InChI is InChI=1S/C21H23F2N5O.C21H24FN5O2.C20H21ClFN5O.C20H21F2N5O.C19H20FN5O2/c1-13(2)27-12-15-9-16(22)10-18(23)20(15)29-8-4-6-24-14(3)17-11-25-28-7-5-19(27)26-21(17)28;1-12(2)29-18-10-15(22)9-16-14(4)25-19-5-7-27-21(26-19)17(11-24-27)13(3)23-6-8-28-20(16)18;1-12(2)26-11-14-8-15(22)9-17(21)19(14)28-7-5-23-13(3)16-10-24-27-6-4-18(26)25-20(16)27;1-12(2)26-11-14-8-15(21)9-17(22)19(14)28-7-5-23-13(3)16-10-24-27-6-4-18(26)25-20(16)27;1-11-15-10-22-25-6-4-17(24-19(15)25)23-12(2)14-8-13(20)9-16(26-3)18(14)27-7-5-21-11/h5,7,9-11,13,24H,3-4,6,8,12H2,1-2H3;5,7,9-12,14,23H,3,6,8H2,1-2,4H3,(H,25,26);2*4,6,8-10,12,23H,3,5,7,11H2,1-2H3;4,6,8-10,12,21H,1,5,7H2,2-3H3,(H,23,24)/t;14-;;;12-/m.1..1/s1. The third kappa shape index (κ3) is 22.4. The van der Waals surface area contributed by atoms with Crippen LogP contribution >= 0.6 is 11.6 Å². The van der Waals surface area contributed by atoms with Gasteiger partial charge in [0.1, 0.15) is 90.4 Å². The highest BCUT2D eigenvalue weighted by atomic mass is 35.5. The Balaban J connectivity index is 0.000000127. The molecule has 0 fully saturated rings. The van der Waals surface area contributed by atoms with Crippen molar-refractivity contribution in [1.82, 2.24) is 99.6 Å². The van der Waals surface area contributed by atoms with Crippen LogP contribution in [0.3, 0.4) is 0 Å². The van der Waals surface area contributed by atoms with Crippen molar-refractivity contribution in [3.63, 3.8) is 0 Å². The molecule has 20 rings (SSSR count). The van der Waals surface area contributed by atoms with Gasteiger partial charge in [-0.1, -0.05) is 44.5 Å². The molecule has 0 saturated carbocycles. The zero-order valence-corrected chi connectivity index (χ0v) is 80.5. The fraction of sp³-hybridized carbons (Fsp3) is 0.307. The van der Waals surface area contributed by atoms with Gasteiger partial charge in [-0.15, -0.1) is 0 Å². The van der Waals surface area contributed by atoms with Crippen molar-refractivity contribution >= 4 is 97.4 Å². The van der Waals surface area contributed by atoms with Gasteiger partial charge in [-0.25, -0.2) is 78.2 Å². The number of methoxy groups -OCH3 is 1. The van der Waals surface area contributed by atoms with E-state index in [9.17, 15) is 30.7 Å². The summed E-state index contributed by atoms with van der Waals surface area (Å²) in [5.74, 6) is 1.93. The largest absolute Gasteiger partial charge is 0.493 e. The van der Waals surface area contributed by atoms with Gasteiger partial charge in [-0.05, 0) is 142 Å². The summed E-state index contributed by atoms with van der Waals surface area (Å²) >= 11 is 6.29. The van der Waals surface area contributed by atoms with Gasteiger partial charge in [-0.2, -0.15) is 25.5 Å². The van der Waals surface area contributed by atoms with Crippen LogP contribution < -0.4 is 85.1 Å². The summed E-state index contributed by atoms with van der Waals surface area (Å²) < 4.78 is 148. The van der Waals surface area contributed by atoms with Crippen molar-refractivity contribution in [2.45, 2.75) is 132 Å². The molecule has 15 aromatic rings. The molecule has 0 unspecified atom stereocenters. The van der Waals surface area contributed by atoms with Crippen molar-refractivity contribution in [3.05, 3.63) is 287 Å². The highest BCUT2D eigenvalue weighted by Crippen LogP contribution is 2.42. The second-order valence-electron chi connectivity index (χ2n) is 34.8. The van der Waals surface area contributed by atoms with E-state index in [0.717, 1.165) is 45.8 Å². The summed E-state index contributed by atoms with van der Waals surface area (Å²) in [6.45, 7) is 45.1. The molecule has 10 bridgehead atoms. The SMILES string of the molecule is C=C1NCCCOc2c(F)cc(F)cc2CN(C(C)C)c2ccn3ncc1c3n2.C=C1NCCOc2c(Cl)cc(F)cc2CN(C(C)C)c2ccn3ncc1c3n2.C=C1NCCOc2c(F)cc(F)cc2CN(C(C)C)c2ccn3ncc1c3n2.C=C1NCCOc2c(OC(C)C)cc(F)cc2[C@@H](C)Nc2ccn3ncc1c3n2.C=C1NCCOc2c(OC)cc(F)cc2[C@@H](C)Nc2ccn3ncc1c3n2. The van der Waals surface area contributed by atoms with Crippen LogP contribution in [0.5, 0.6) is 40.2 Å². The lowest BCUT2D eigenvalue weighted by Crippen LogP contribution is -2.31. The molecule has 7 N–H and O–H groups in total. The molecule has 0 amide bonds. The Morgan fingerprint density at radius 1 is 0.369 bits per heavy atom. The number of rotatable bonds is 6. The first-order valence-electron chi connectivity index (χ1n) is 46.0. The molecule has 0 saturated heterocycles. The minimum Gasteiger partial charge on any atom is -0.493 e. The van der Waals surface area contributed by atoms with E-state index in [1.54, 1.807) is 53.6 Å². The van der Waals surface area contributed by atoms with Crippen LogP contribution in [0, 0.1) is 40.7 Å². The molecule has 736 valence electrons. The molecular formula is C101H109ClF7N25O7. The molecule has 5 aliphatic heterocycles. The third-order valence-corrected chi connectivity index (χ3v) is 23.7. The van der Waals surface area contributed by atoms with Gasteiger partial charge < -0.3 is 85.1 Å². The van der Waals surface area contributed by atoms with Crippen LogP contribution in [0.2, 0.25) is 5.02 Å². The van der Waals surface area contributed by atoms with E-state index in [0.29, 0.717) is 209 Å². The van der Waals surface area contributed by atoms with Gasteiger partial charge >= 0.3 is 0 Å². The van der Waals surface area contributed by atoms with Gasteiger partial charge in [0, 0.05) is 182 Å². The van der Waals surface area contributed by atoms with Gasteiger partial charge in [0.2, 0.25) is 0 Å². The normalized spacial score (nSPS) is 15.8. The Hall–Kier alpha value is -15.7. The third-order valence-electron chi connectivity index (χ3n) is 23.5. The Kier molecular flexibility index (Phi) is 30.1. The summed E-state index contributed by atoms with van der Waals surface area (Å²) in [7, 11) is 1.49. The van der Waals surface area contributed by atoms with E-state index in [1.165, 1.54) is 55.6 Å². The molecule has 15 heterocycles. The minimum absolute atomic E-state index is 0.0322. The molecule has 2 atom stereocenters. The van der Waals surface area contributed by atoms with Crippen LogP contribution in [0.25, 0.3) is 56.7 Å².